The van der Waals surface area contributed by atoms with Crippen molar-refractivity contribution in [2.45, 2.75) is 6.92 Å². The minimum Gasteiger partial charge on any atom is -0.451 e. The van der Waals surface area contributed by atoms with Crippen molar-refractivity contribution < 1.29 is 14.3 Å². The van der Waals surface area contributed by atoms with Crippen molar-refractivity contribution in [1.29, 1.82) is 0 Å². The largest absolute Gasteiger partial charge is 0.451 e. The van der Waals surface area contributed by atoms with Crippen molar-refractivity contribution in [1.82, 2.24) is 4.98 Å². The first-order valence-electron chi connectivity index (χ1n) is 5.90. The summed E-state index contributed by atoms with van der Waals surface area (Å²) in [6, 6.07) is 2.83. The number of ether oxygens (including phenoxy) is 1. The van der Waals surface area contributed by atoms with Crippen LogP contribution < -0.4 is 5.32 Å². The van der Waals surface area contributed by atoms with Crippen LogP contribution in [-0.2, 0) is 9.53 Å². The predicted molar refractivity (Wildman–Crippen MR) is 87.2 cm³/mol. The van der Waals surface area contributed by atoms with Crippen molar-refractivity contribution in [3.05, 3.63) is 43.3 Å². The van der Waals surface area contributed by atoms with Gasteiger partial charge in [-0.1, -0.05) is 34.8 Å². The summed E-state index contributed by atoms with van der Waals surface area (Å²) in [6.07, 6.45) is 1.40. The molecule has 1 aromatic heterocycles. The number of anilines is 1. The number of aromatic nitrogens is 1. The van der Waals surface area contributed by atoms with Gasteiger partial charge in [-0.05, 0) is 19.1 Å². The van der Waals surface area contributed by atoms with Crippen LogP contribution in [0.1, 0.15) is 14.7 Å². The van der Waals surface area contributed by atoms with Gasteiger partial charge in [0.1, 0.15) is 4.88 Å². The molecule has 0 aliphatic carbocycles. The molecule has 0 aliphatic rings. The Labute approximate surface area is 145 Å². The Hall–Kier alpha value is -1.34. The van der Waals surface area contributed by atoms with Crippen LogP contribution in [0.4, 0.5) is 5.69 Å². The van der Waals surface area contributed by atoms with E-state index < -0.39 is 18.5 Å². The Morgan fingerprint density at radius 3 is 2.55 bits per heavy atom. The number of hydrogen-bond donors (Lipinski definition) is 1. The van der Waals surface area contributed by atoms with E-state index in [-0.39, 0.29) is 20.8 Å². The van der Waals surface area contributed by atoms with Crippen molar-refractivity contribution in [2.24, 2.45) is 0 Å². The Morgan fingerprint density at radius 1 is 1.23 bits per heavy atom. The van der Waals surface area contributed by atoms with Crippen molar-refractivity contribution in [3.63, 3.8) is 0 Å². The lowest BCUT2D eigenvalue weighted by molar-refractivity contribution is -0.119. The number of nitrogens with one attached hydrogen (secondary N) is 1. The van der Waals surface area contributed by atoms with Gasteiger partial charge in [-0.3, -0.25) is 4.79 Å². The summed E-state index contributed by atoms with van der Waals surface area (Å²) in [5.41, 5.74) is 0.283. The predicted octanol–water partition coefficient (Wildman–Crippen LogP) is 4.21. The van der Waals surface area contributed by atoms with Crippen molar-refractivity contribution in [2.75, 3.05) is 11.9 Å². The second kappa shape index (κ2) is 7.28. The third-order valence-corrected chi connectivity index (χ3v) is 4.37. The first-order chi connectivity index (χ1) is 10.4. The second-order valence-corrected chi connectivity index (χ2v) is 6.57. The van der Waals surface area contributed by atoms with Crippen LogP contribution in [0.2, 0.25) is 15.1 Å². The number of carbonyl (C=O) groups is 2. The number of halogens is 3. The van der Waals surface area contributed by atoms with Crippen LogP contribution in [0, 0.1) is 6.92 Å². The Morgan fingerprint density at radius 2 is 1.91 bits per heavy atom. The number of nitrogens with zero attached hydrogens (tertiary/aromatic N) is 1. The molecule has 0 saturated carbocycles. The number of aryl methyl sites for hydroxylation is 1. The first-order valence-corrected chi connectivity index (χ1v) is 7.86. The Balaban J connectivity index is 1.93. The van der Waals surface area contributed by atoms with Crippen LogP contribution in [0.25, 0.3) is 0 Å². The maximum Gasteiger partial charge on any atom is 0.350 e. The molecule has 1 aromatic carbocycles. The quantitative estimate of drug-likeness (QED) is 0.638. The highest BCUT2D eigenvalue weighted by molar-refractivity contribution is 7.13. The molecule has 2 aromatic rings. The maximum absolute atomic E-state index is 11.8. The lowest BCUT2D eigenvalue weighted by Gasteiger charge is -2.09. The minimum atomic E-state index is -0.610. The number of hydrogen-bond acceptors (Lipinski definition) is 5. The molecular weight excluding hydrogens is 371 g/mol. The van der Waals surface area contributed by atoms with Crippen LogP contribution in [-0.4, -0.2) is 23.5 Å². The summed E-state index contributed by atoms with van der Waals surface area (Å²) in [7, 11) is 0. The fraction of sp³-hybridized carbons (Fsp3) is 0.154. The highest BCUT2D eigenvalue weighted by Crippen LogP contribution is 2.32. The van der Waals surface area contributed by atoms with Gasteiger partial charge >= 0.3 is 5.97 Å². The summed E-state index contributed by atoms with van der Waals surface area (Å²) in [5, 5.41) is 3.97. The fourth-order valence-electron chi connectivity index (χ4n) is 1.46. The third kappa shape index (κ3) is 4.33. The van der Waals surface area contributed by atoms with Gasteiger partial charge in [0.2, 0.25) is 0 Å². The molecule has 2 rings (SSSR count). The molecule has 9 heteroatoms. The molecule has 1 amide bonds. The van der Waals surface area contributed by atoms with Gasteiger partial charge in [0, 0.05) is 0 Å². The third-order valence-electron chi connectivity index (χ3n) is 2.44. The lowest BCUT2D eigenvalue weighted by Crippen LogP contribution is -2.20. The topological polar surface area (TPSA) is 68.3 Å². The van der Waals surface area contributed by atoms with E-state index in [1.807, 2.05) is 0 Å². The molecule has 5 nitrogen and oxygen atoms in total. The number of esters is 1. The van der Waals surface area contributed by atoms with Crippen LogP contribution in [0.15, 0.2) is 18.3 Å². The van der Waals surface area contributed by atoms with Gasteiger partial charge in [-0.2, -0.15) is 0 Å². The monoisotopic (exact) mass is 378 g/mol. The molecule has 0 radical (unpaired) electrons. The molecule has 1 N–H and O–H groups in total. The smallest absolute Gasteiger partial charge is 0.350 e. The van der Waals surface area contributed by atoms with E-state index in [1.165, 1.54) is 29.7 Å². The molecular formula is C13H9Cl3N2O3S. The van der Waals surface area contributed by atoms with E-state index in [4.69, 9.17) is 39.5 Å². The number of amides is 1. The van der Waals surface area contributed by atoms with Crippen LogP contribution >= 0.6 is 46.1 Å². The molecule has 0 fully saturated rings. The summed E-state index contributed by atoms with van der Waals surface area (Å²) >= 11 is 18.8. The average molecular weight is 380 g/mol. The molecule has 1 heterocycles. The average Bonchev–Trinajstić information content (AvgIpc) is 2.89. The second-order valence-electron chi connectivity index (χ2n) is 4.11. The molecule has 0 atom stereocenters. The molecule has 0 bridgehead atoms. The molecule has 0 saturated heterocycles. The SMILES string of the molecule is Cc1ncc(C(=O)OCC(=O)Nc2cc(Cl)c(Cl)cc2Cl)s1. The van der Waals surface area contributed by atoms with Crippen LogP contribution in [0.5, 0.6) is 0 Å². The molecule has 0 unspecified atom stereocenters. The highest BCUT2D eigenvalue weighted by atomic mass is 35.5. The van der Waals surface area contributed by atoms with Gasteiger partial charge in [-0.15, -0.1) is 11.3 Å². The van der Waals surface area contributed by atoms with E-state index in [0.717, 1.165) is 5.01 Å². The zero-order valence-electron chi connectivity index (χ0n) is 11.2. The standard InChI is InChI=1S/C13H9Cl3N2O3S/c1-6-17-4-11(22-6)13(20)21-5-12(19)18-10-3-8(15)7(14)2-9(10)16/h2-4H,5H2,1H3,(H,18,19). The molecule has 0 spiro atoms. The number of benzene rings is 1. The zero-order chi connectivity index (χ0) is 16.3. The van der Waals surface area contributed by atoms with Gasteiger partial charge < -0.3 is 10.1 Å². The lowest BCUT2D eigenvalue weighted by atomic mass is 10.3. The van der Waals surface area contributed by atoms with E-state index in [0.29, 0.717) is 4.88 Å². The van der Waals surface area contributed by atoms with E-state index in [1.54, 1.807) is 6.92 Å². The van der Waals surface area contributed by atoms with E-state index in [9.17, 15) is 9.59 Å². The summed E-state index contributed by atoms with van der Waals surface area (Å²) in [4.78, 5) is 27.7. The van der Waals surface area contributed by atoms with Gasteiger partial charge in [0.05, 0.1) is 32.0 Å². The minimum absolute atomic E-state index is 0.229. The van der Waals surface area contributed by atoms with E-state index in [2.05, 4.69) is 10.3 Å². The first kappa shape index (κ1) is 17.0. The zero-order valence-corrected chi connectivity index (χ0v) is 14.2. The summed E-state index contributed by atoms with van der Waals surface area (Å²) < 4.78 is 4.89. The van der Waals surface area contributed by atoms with Crippen molar-refractivity contribution >= 4 is 63.7 Å². The Bertz CT molecular complexity index is 733. The molecule has 22 heavy (non-hydrogen) atoms. The Kier molecular flexibility index (Phi) is 5.63. The highest BCUT2D eigenvalue weighted by Gasteiger charge is 2.14. The van der Waals surface area contributed by atoms with E-state index >= 15 is 0 Å². The van der Waals surface area contributed by atoms with Gasteiger partial charge in [0.15, 0.2) is 6.61 Å². The van der Waals surface area contributed by atoms with Crippen LogP contribution in [0.3, 0.4) is 0 Å². The van der Waals surface area contributed by atoms with Crippen molar-refractivity contribution in [3.8, 4) is 0 Å². The van der Waals surface area contributed by atoms with Gasteiger partial charge in [-0.25, -0.2) is 9.78 Å². The molecule has 116 valence electrons. The number of carbonyl (C=O) groups excluding carboxylic acids is 2. The normalized spacial score (nSPS) is 10.4. The number of thiazole rings is 1. The summed E-state index contributed by atoms with van der Waals surface area (Å²) in [6.45, 7) is 1.31. The number of rotatable bonds is 4. The summed E-state index contributed by atoms with van der Waals surface area (Å²) in [5.74, 6) is -1.16. The maximum atomic E-state index is 11.8. The fourth-order valence-corrected chi connectivity index (χ4v) is 2.73. The molecule has 0 aliphatic heterocycles. The van der Waals surface area contributed by atoms with Gasteiger partial charge in [0.25, 0.3) is 5.91 Å².